The van der Waals surface area contributed by atoms with E-state index in [0.29, 0.717) is 16.8 Å². The van der Waals surface area contributed by atoms with Crippen molar-refractivity contribution in [2.24, 2.45) is 0 Å². The molecule has 0 saturated carbocycles. The van der Waals surface area contributed by atoms with Gasteiger partial charge in [-0.2, -0.15) is 0 Å². The smallest absolute Gasteiger partial charge is 0.418 e. The fraction of sp³-hybridized carbons (Fsp3) is 0.160. The Labute approximate surface area is 189 Å². The molecule has 4 aromatic rings. The highest BCUT2D eigenvalue weighted by atomic mass is 32.2. The predicted molar refractivity (Wildman–Crippen MR) is 125 cm³/mol. The van der Waals surface area contributed by atoms with E-state index in [0.717, 1.165) is 16.5 Å². The number of Topliss-reactive ketones (excluding diaryl/α,β-unsaturated/α-hetero) is 1. The van der Waals surface area contributed by atoms with Crippen LogP contribution < -0.4 is 5.32 Å². The van der Waals surface area contributed by atoms with Crippen LogP contribution >= 0.6 is 11.8 Å². The normalized spacial score (nSPS) is 18.0. The van der Waals surface area contributed by atoms with E-state index in [-0.39, 0.29) is 23.8 Å². The molecule has 1 unspecified atom stereocenters. The quantitative estimate of drug-likeness (QED) is 0.447. The van der Waals surface area contributed by atoms with Crippen molar-refractivity contribution in [3.05, 3.63) is 102 Å². The number of nitrogens with zero attached hydrogens (tertiary/aromatic N) is 2. The van der Waals surface area contributed by atoms with Crippen LogP contribution in [0.15, 0.2) is 85.3 Å². The third-order valence-electron chi connectivity index (χ3n) is 5.47. The van der Waals surface area contributed by atoms with Gasteiger partial charge in [0.2, 0.25) is 0 Å². The van der Waals surface area contributed by atoms with Crippen LogP contribution in [0.3, 0.4) is 0 Å². The van der Waals surface area contributed by atoms with E-state index < -0.39 is 6.09 Å². The Morgan fingerprint density at radius 3 is 2.69 bits per heavy atom. The highest BCUT2D eigenvalue weighted by Gasteiger charge is 2.33. The van der Waals surface area contributed by atoms with E-state index in [1.54, 1.807) is 24.2 Å². The lowest BCUT2D eigenvalue weighted by Gasteiger charge is -2.12. The van der Waals surface area contributed by atoms with Crippen molar-refractivity contribution in [1.29, 1.82) is 0 Å². The van der Waals surface area contributed by atoms with E-state index in [1.807, 2.05) is 72.9 Å². The molecular formula is C25H21N3O3S. The van der Waals surface area contributed by atoms with Crippen molar-refractivity contribution < 1.29 is 14.3 Å². The lowest BCUT2D eigenvalue weighted by Crippen LogP contribution is -2.34. The molecule has 0 radical (unpaired) electrons. The third kappa shape index (κ3) is 4.04. The summed E-state index contributed by atoms with van der Waals surface area (Å²) in [7, 11) is 0. The largest absolute Gasteiger partial charge is 0.444 e. The summed E-state index contributed by atoms with van der Waals surface area (Å²) in [4.78, 5) is 30.4. The van der Waals surface area contributed by atoms with Gasteiger partial charge < -0.3 is 4.74 Å². The molecule has 5 rings (SSSR count). The molecule has 2 aromatic heterocycles. The number of ether oxygens (including phenoxy) is 1. The Balaban J connectivity index is 1.38. The number of ketones is 1. The molecule has 32 heavy (non-hydrogen) atoms. The van der Waals surface area contributed by atoms with Gasteiger partial charge in [-0.25, -0.2) is 4.79 Å². The number of carbonyl (C=O) groups excluding carboxylic acids is 2. The third-order valence-corrected chi connectivity index (χ3v) is 6.73. The van der Waals surface area contributed by atoms with Gasteiger partial charge in [0.1, 0.15) is 6.61 Å². The molecule has 0 spiro atoms. The fourth-order valence-corrected chi connectivity index (χ4v) is 5.07. The van der Waals surface area contributed by atoms with Crippen LogP contribution in [0.4, 0.5) is 4.79 Å². The summed E-state index contributed by atoms with van der Waals surface area (Å²) >= 11 is 1.68. The van der Waals surface area contributed by atoms with Gasteiger partial charge in [-0.15, -0.1) is 11.8 Å². The SMILES string of the molecule is O=C(c1cn(C(=O)OCc2ccccc2)c2ccccc12)[C@@H]1CSC(c2cccnc2)N1. The van der Waals surface area contributed by atoms with Gasteiger partial charge in [-0.05, 0) is 23.3 Å². The molecule has 2 aromatic carbocycles. The molecule has 1 aliphatic rings. The fourth-order valence-electron chi connectivity index (χ4n) is 3.85. The number of hydrogen-bond acceptors (Lipinski definition) is 6. The van der Waals surface area contributed by atoms with Gasteiger partial charge in [0.05, 0.1) is 16.9 Å². The summed E-state index contributed by atoms with van der Waals surface area (Å²) in [6.07, 6.45) is 4.64. The van der Waals surface area contributed by atoms with Crippen molar-refractivity contribution in [3.8, 4) is 0 Å². The van der Waals surface area contributed by atoms with E-state index >= 15 is 0 Å². The zero-order chi connectivity index (χ0) is 21.9. The number of hydrogen-bond donors (Lipinski definition) is 1. The Hall–Kier alpha value is -3.42. The molecule has 0 bridgehead atoms. The van der Waals surface area contributed by atoms with Crippen LogP contribution in [-0.2, 0) is 11.3 Å². The first-order valence-corrected chi connectivity index (χ1v) is 11.4. The molecule has 3 heterocycles. The number of fused-ring (bicyclic) bond motifs is 1. The summed E-state index contributed by atoms with van der Waals surface area (Å²) < 4.78 is 6.92. The second-order valence-electron chi connectivity index (χ2n) is 7.55. The number of rotatable bonds is 5. The lowest BCUT2D eigenvalue weighted by molar-refractivity contribution is 0.0957. The van der Waals surface area contributed by atoms with Crippen molar-refractivity contribution >= 4 is 34.5 Å². The molecule has 1 aliphatic heterocycles. The van der Waals surface area contributed by atoms with Crippen LogP contribution in [0.1, 0.15) is 26.9 Å². The number of aromatic nitrogens is 2. The van der Waals surface area contributed by atoms with Crippen LogP contribution in [0.25, 0.3) is 10.9 Å². The first kappa shape index (κ1) is 20.5. The summed E-state index contributed by atoms with van der Waals surface area (Å²) in [6.45, 7) is 0.170. The molecule has 1 N–H and O–H groups in total. The average molecular weight is 444 g/mol. The molecule has 2 atom stereocenters. The Bertz CT molecular complexity index is 1260. The van der Waals surface area contributed by atoms with Gasteiger partial charge in [-0.3, -0.25) is 19.7 Å². The Morgan fingerprint density at radius 1 is 1.06 bits per heavy atom. The minimum Gasteiger partial charge on any atom is -0.444 e. The van der Waals surface area contributed by atoms with E-state index in [9.17, 15) is 9.59 Å². The number of pyridine rings is 1. The maximum Gasteiger partial charge on any atom is 0.418 e. The highest BCUT2D eigenvalue weighted by molar-refractivity contribution is 7.99. The lowest BCUT2D eigenvalue weighted by atomic mass is 10.0. The van der Waals surface area contributed by atoms with Gasteiger partial charge in [-0.1, -0.05) is 54.6 Å². The molecule has 0 aliphatic carbocycles. The van der Waals surface area contributed by atoms with Crippen molar-refractivity contribution in [1.82, 2.24) is 14.9 Å². The van der Waals surface area contributed by atoms with Crippen LogP contribution in [0.2, 0.25) is 0 Å². The van der Waals surface area contributed by atoms with E-state index in [1.165, 1.54) is 4.57 Å². The van der Waals surface area contributed by atoms with E-state index in [4.69, 9.17) is 4.74 Å². The van der Waals surface area contributed by atoms with Gasteiger partial charge >= 0.3 is 6.09 Å². The maximum atomic E-state index is 13.4. The summed E-state index contributed by atoms with van der Waals surface area (Å²) in [5.41, 5.74) is 3.12. The molecule has 1 saturated heterocycles. The first-order chi connectivity index (χ1) is 15.7. The summed E-state index contributed by atoms with van der Waals surface area (Å²) in [5.74, 6) is 0.616. The van der Waals surface area contributed by atoms with Crippen LogP contribution in [0.5, 0.6) is 0 Å². The maximum absolute atomic E-state index is 13.4. The minimum atomic E-state index is -0.508. The van der Waals surface area contributed by atoms with Crippen LogP contribution in [0, 0.1) is 0 Å². The minimum absolute atomic E-state index is 0.0156. The van der Waals surface area contributed by atoms with Crippen molar-refractivity contribution in [3.63, 3.8) is 0 Å². The number of carbonyl (C=O) groups is 2. The average Bonchev–Trinajstić information content (AvgIpc) is 3.49. The van der Waals surface area contributed by atoms with Crippen molar-refractivity contribution in [2.45, 2.75) is 18.0 Å². The van der Waals surface area contributed by atoms with E-state index in [2.05, 4.69) is 10.3 Å². The molecule has 1 fully saturated rings. The summed E-state index contributed by atoms with van der Waals surface area (Å²) in [6, 6.07) is 20.5. The monoisotopic (exact) mass is 443 g/mol. The molecule has 160 valence electrons. The predicted octanol–water partition coefficient (Wildman–Crippen LogP) is 4.81. The van der Waals surface area contributed by atoms with Crippen molar-refractivity contribution in [2.75, 3.05) is 5.75 Å². The standard InChI is InChI=1S/C25H21N3O3S/c29-23(21-16-32-24(27-21)18-9-6-12-26-13-18)20-14-28(22-11-5-4-10-19(20)22)25(30)31-15-17-7-2-1-3-8-17/h1-14,21,24,27H,15-16H2/t21-,24?/m0/s1. The zero-order valence-corrected chi connectivity index (χ0v) is 18.0. The second kappa shape index (κ2) is 8.98. The zero-order valence-electron chi connectivity index (χ0n) is 17.2. The van der Waals surface area contributed by atoms with Gasteiger partial charge in [0.25, 0.3) is 0 Å². The van der Waals surface area contributed by atoms with Crippen LogP contribution in [-0.4, -0.2) is 33.2 Å². The Morgan fingerprint density at radius 2 is 1.88 bits per heavy atom. The molecular weight excluding hydrogens is 422 g/mol. The molecule has 0 amide bonds. The van der Waals surface area contributed by atoms with Gasteiger partial charge in [0.15, 0.2) is 5.78 Å². The number of benzene rings is 2. The molecule has 6 nitrogen and oxygen atoms in total. The second-order valence-corrected chi connectivity index (χ2v) is 8.69. The first-order valence-electron chi connectivity index (χ1n) is 10.3. The summed E-state index contributed by atoms with van der Waals surface area (Å²) in [5, 5.41) is 4.16. The Kier molecular flexibility index (Phi) is 5.75. The number of thioether (sulfide) groups is 1. The van der Waals surface area contributed by atoms with Gasteiger partial charge in [0, 0.05) is 35.3 Å². The number of nitrogens with one attached hydrogen (secondary N) is 1. The molecule has 7 heteroatoms. The highest BCUT2D eigenvalue weighted by Crippen LogP contribution is 2.34. The number of para-hydroxylation sites is 1. The topological polar surface area (TPSA) is 73.2 Å².